The van der Waals surface area contributed by atoms with Crippen LogP contribution in [0.2, 0.25) is 5.15 Å². The van der Waals surface area contributed by atoms with Crippen LogP contribution in [0.5, 0.6) is 0 Å². The predicted molar refractivity (Wildman–Crippen MR) is 86.7 cm³/mol. The van der Waals surface area contributed by atoms with Crippen molar-refractivity contribution in [3.05, 3.63) is 28.5 Å². The molecule has 1 heterocycles. The minimum Gasteiger partial charge on any atom is -0.349 e. The zero-order valence-electron chi connectivity index (χ0n) is 13.0. The third-order valence-corrected chi connectivity index (χ3v) is 4.29. The first-order chi connectivity index (χ1) is 10.1. The quantitative estimate of drug-likeness (QED) is 0.820. The maximum atomic E-state index is 12.5. The number of halogens is 1. The van der Waals surface area contributed by atoms with E-state index in [1.54, 1.807) is 6.07 Å². The third kappa shape index (κ3) is 4.99. The Balaban J connectivity index is 2.07. The van der Waals surface area contributed by atoms with Gasteiger partial charge in [0.15, 0.2) is 0 Å². The number of aryl methyl sites for hydroxylation is 1. The van der Waals surface area contributed by atoms with Crippen molar-refractivity contribution in [2.75, 3.05) is 0 Å². The number of pyridine rings is 1. The summed E-state index contributed by atoms with van der Waals surface area (Å²) in [7, 11) is 0. The highest BCUT2D eigenvalue weighted by atomic mass is 35.5. The highest BCUT2D eigenvalue weighted by Gasteiger charge is 2.19. The van der Waals surface area contributed by atoms with Crippen LogP contribution in [0.4, 0.5) is 0 Å². The van der Waals surface area contributed by atoms with Crippen molar-refractivity contribution >= 4 is 17.5 Å². The summed E-state index contributed by atoms with van der Waals surface area (Å²) < 4.78 is 0. The van der Waals surface area contributed by atoms with E-state index in [9.17, 15) is 4.79 Å². The molecule has 0 aliphatic heterocycles. The van der Waals surface area contributed by atoms with Crippen molar-refractivity contribution in [1.82, 2.24) is 10.3 Å². The van der Waals surface area contributed by atoms with E-state index in [4.69, 9.17) is 11.6 Å². The molecule has 1 aliphatic rings. The number of carbonyl (C=O) groups excluding carboxylic acids is 1. The lowest BCUT2D eigenvalue weighted by atomic mass is 9.95. The maximum absolute atomic E-state index is 12.5. The largest absolute Gasteiger partial charge is 0.349 e. The van der Waals surface area contributed by atoms with Crippen LogP contribution >= 0.6 is 11.6 Å². The Labute approximate surface area is 132 Å². The van der Waals surface area contributed by atoms with Gasteiger partial charge in [0.25, 0.3) is 5.91 Å². The van der Waals surface area contributed by atoms with Gasteiger partial charge >= 0.3 is 0 Å². The SMILES string of the molecule is CC(C)CCc1nc(Cl)ccc1C(=O)NC1CCCCC1. The van der Waals surface area contributed by atoms with Crippen molar-refractivity contribution in [3.8, 4) is 0 Å². The predicted octanol–water partition coefficient (Wildman–Crippen LogP) is 4.39. The van der Waals surface area contributed by atoms with Gasteiger partial charge < -0.3 is 5.32 Å². The van der Waals surface area contributed by atoms with E-state index in [0.717, 1.165) is 31.4 Å². The molecule has 0 aromatic carbocycles. The third-order valence-electron chi connectivity index (χ3n) is 4.08. The van der Waals surface area contributed by atoms with E-state index in [2.05, 4.69) is 24.1 Å². The summed E-state index contributed by atoms with van der Waals surface area (Å²) in [5.41, 5.74) is 1.51. The Bertz CT molecular complexity index is 482. The summed E-state index contributed by atoms with van der Waals surface area (Å²) >= 11 is 5.99. The van der Waals surface area contributed by atoms with Crippen LogP contribution < -0.4 is 5.32 Å². The maximum Gasteiger partial charge on any atom is 0.253 e. The summed E-state index contributed by atoms with van der Waals surface area (Å²) in [6.07, 6.45) is 7.70. The average Bonchev–Trinajstić information content (AvgIpc) is 2.46. The molecule has 0 bridgehead atoms. The van der Waals surface area contributed by atoms with E-state index >= 15 is 0 Å². The molecule has 0 unspecified atom stereocenters. The molecule has 0 atom stereocenters. The van der Waals surface area contributed by atoms with Crippen LogP contribution in [0.1, 0.15) is 68.4 Å². The van der Waals surface area contributed by atoms with Crippen LogP contribution in [-0.2, 0) is 6.42 Å². The summed E-state index contributed by atoms with van der Waals surface area (Å²) in [6.45, 7) is 4.35. The fraction of sp³-hybridized carbons (Fsp3) is 0.647. The van der Waals surface area contributed by atoms with Crippen molar-refractivity contribution in [1.29, 1.82) is 0 Å². The van der Waals surface area contributed by atoms with Crippen LogP contribution in [0.15, 0.2) is 12.1 Å². The van der Waals surface area contributed by atoms with Gasteiger partial charge in [-0.25, -0.2) is 4.98 Å². The zero-order valence-corrected chi connectivity index (χ0v) is 13.7. The van der Waals surface area contributed by atoms with Gasteiger partial charge in [0.05, 0.1) is 11.3 Å². The van der Waals surface area contributed by atoms with Gasteiger partial charge in [-0.1, -0.05) is 44.7 Å². The second-order valence-electron chi connectivity index (χ2n) is 6.37. The van der Waals surface area contributed by atoms with Gasteiger partial charge in [0.1, 0.15) is 5.15 Å². The standard InChI is InChI=1S/C17H25ClN2O/c1-12(2)8-10-15-14(9-11-16(18)20-15)17(21)19-13-6-4-3-5-7-13/h9,11-13H,3-8,10H2,1-2H3,(H,19,21). The molecule has 1 fully saturated rings. The number of nitrogens with one attached hydrogen (secondary N) is 1. The second-order valence-corrected chi connectivity index (χ2v) is 6.76. The van der Waals surface area contributed by atoms with Gasteiger partial charge in [-0.3, -0.25) is 4.79 Å². The molecule has 3 nitrogen and oxygen atoms in total. The molecule has 0 saturated heterocycles. The van der Waals surface area contributed by atoms with Crippen LogP contribution in [0.3, 0.4) is 0 Å². The number of aromatic nitrogens is 1. The molecule has 0 radical (unpaired) electrons. The van der Waals surface area contributed by atoms with Crippen LogP contribution in [0.25, 0.3) is 0 Å². The number of carbonyl (C=O) groups is 1. The molecule has 2 rings (SSSR count). The Morgan fingerprint density at radius 1 is 1.33 bits per heavy atom. The van der Waals surface area contributed by atoms with Gasteiger partial charge in [-0.05, 0) is 43.7 Å². The molecular weight excluding hydrogens is 284 g/mol. The van der Waals surface area contributed by atoms with E-state index < -0.39 is 0 Å². The summed E-state index contributed by atoms with van der Waals surface area (Å²) in [5.74, 6) is 0.588. The number of amides is 1. The van der Waals surface area contributed by atoms with E-state index in [1.807, 2.05) is 6.07 Å². The number of hydrogen-bond acceptors (Lipinski definition) is 2. The highest BCUT2D eigenvalue weighted by Crippen LogP contribution is 2.20. The highest BCUT2D eigenvalue weighted by molar-refractivity contribution is 6.29. The topological polar surface area (TPSA) is 42.0 Å². The summed E-state index contributed by atoms with van der Waals surface area (Å²) in [6, 6.07) is 3.83. The molecule has 4 heteroatoms. The van der Waals surface area contributed by atoms with E-state index in [0.29, 0.717) is 22.7 Å². The molecule has 1 aromatic rings. The first-order valence-electron chi connectivity index (χ1n) is 8.02. The smallest absolute Gasteiger partial charge is 0.253 e. The van der Waals surface area contributed by atoms with E-state index in [-0.39, 0.29) is 5.91 Å². The molecule has 1 amide bonds. The second kappa shape index (κ2) is 7.79. The van der Waals surface area contributed by atoms with Crippen LogP contribution in [-0.4, -0.2) is 16.9 Å². The lowest BCUT2D eigenvalue weighted by molar-refractivity contribution is 0.0926. The molecule has 1 aromatic heterocycles. The molecule has 116 valence electrons. The lowest BCUT2D eigenvalue weighted by Gasteiger charge is -2.23. The van der Waals surface area contributed by atoms with Crippen molar-refractivity contribution < 1.29 is 4.79 Å². The molecule has 0 spiro atoms. The summed E-state index contributed by atoms with van der Waals surface area (Å²) in [4.78, 5) is 16.9. The van der Waals surface area contributed by atoms with Gasteiger partial charge in [0.2, 0.25) is 0 Å². The average molecular weight is 309 g/mol. The molecular formula is C17H25ClN2O. The first-order valence-corrected chi connectivity index (χ1v) is 8.40. The van der Waals surface area contributed by atoms with Gasteiger partial charge in [-0.15, -0.1) is 0 Å². The Morgan fingerprint density at radius 2 is 2.05 bits per heavy atom. The van der Waals surface area contributed by atoms with Gasteiger partial charge in [-0.2, -0.15) is 0 Å². The minimum absolute atomic E-state index is 0.00447. The molecule has 1 saturated carbocycles. The van der Waals surface area contributed by atoms with Crippen molar-refractivity contribution in [3.63, 3.8) is 0 Å². The minimum atomic E-state index is 0.00447. The van der Waals surface area contributed by atoms with E-state index in [1.165, 1.54) is 19.3 Å². The number of hydrogen-bond donors (Lipinski definition) is 1. The Morgan fingerprint density at radius 3 is 2.71 bits per heavy atom. The summed E-state index contributed by atoms with van der Waals surface area (Å²) in [5, 5.41) is 3.62. The molecule has 1 N–H and O–H groups in total. The molecule has 21 heavy (non-hydrogen) atoms. The normalized spacial score (nSPS) is 16.2. The Hall–Kier alpha value is -1.09. The number of rotatable bonds is 5. The zero-order chi connectivity index (χ0) is 15.2. The number of nitrogens with zero attached hydrogens (tertiary/aromatic N) is 1. The van der Waals surface area contributed by atoms with Crippen molar-refractivity contribution in [2.24, 2.45) is 5.92 Å². The van der Waals surface area contributed by atoms with Gasteiger partial charge in [0, 0.05) is 6.04 Å². The van der Waals surface area contributed by atoms with Crippen molar-refractivity contribution in [2.45, 2.75) is 64.8 Å². The lowest BCUT2D eigenvalue weighted by Crippen LogP contribution is -2.36. The first kappa shape index (κ1) is 16.3. The van der Waals surface area contributed by atoms with Crippen LogP contribution in [0, 0.1) is 5.92 Å². The fourth-order valence-electron chi connectivity index (χ4n) is 2.81. The molecule has 1 aliphatic carbocycles. The fourth-order valence-corrected chi connectivity index (χ4v) is 2.97. The Kier molecular flexibility index (Phi) is 6.04. The monoisotopic (exact) mass is 308 g/mol.